The summed E-state index contributed by atoms with van der Waals surface area (Å²) in [7, 11) is 0. The number of hydrogen-bond acceptors (Lipinski definition) is 3. The van der Waals surface area contributed by atoms with Crippen molar-refractivity contribution in [2.75, 3.05) is 6.54 Å². The van der Waals surface area contributed by atoms with Crippen LogP contribution in [0.5, 0.6) is 0 Å². The Hall–Kier alpha value is -1.00. The summed E-state index contributed by atoms with van der Waals surface area (Å²) in [4.78, 5) is 3.65. The van der Waals surface area contributed by atoms with Crippen LogP contribution < -0.4 is 5.73 Å². The lowest BCUT2D eigenvalue weighted by atomic mass is 9.89. The molecule has 0 saturated heterocycles. The number of halogens is 1. The van der Waals surface area contributed by atoms with E-state index in [2.05, 4.69) is 4.98 Å². The van der Waals surface area contributed by atoms with E-state index in [1.165, 1.54) is 12.3 Å². The van der Waals surface area contributed by atoms with Gasteiger partial charge in [0.15, 0.2) is 0 Å². The summed E-state index contributed by atoms with van der Waals surface area (Å²) in [5.41, 5.74) is 4.59. The van der Waals surface area contributed by atoms with Crippen LogP contribution in [0.3, 0.4) is 0 Å². The SMILES string of the molecule is NCC(O)(c1ccncc1F)C1CC1. The molecule has 2 rings (SSSR count). The maximum absolute atomic E-state index is 13.4. The average molecular weight is 196 g/mol. The first-order valence-corrected chi connectivity index (χ1v) is 4.71. The minimum Gasteiger partial charge on any atom is -0.383 e. The van der Waals surface area contributed by atoms with Gasteiger partial charge in [0.1, 0.15) is 11.4 Å². The lowest BCUT2D eigenvalue weighted by Gasteiger charge is -2.27. The summed E-state index contributed by atoms with van der Waals surface area (Å²) in [5, 5.41) is 10.2. The van der Waals surface area contributed by atoms with E-state index >= 15 is 0 Å². The van der Waals surface area contributed by atoms with Gasteiger partial charge in [-0.2, -0.15) is 0 Å². The Morgan fingerprint density at radius 3 is 2.86 bits per heavy atom. The molecule has 1 aromatic rings. The molecule has 14 heavy (non-hydrogen) atoms. The van der Waals surface area contributed by atoms with E-state index in [1.54, 1.807) is 0 Å². The van der Waals surface area contributed by atoms with Gasteiger partial charge in [0, 0.05) is 18.3 Å². The second-order valence-corrected chi connectivity index (χ2v) is 3.76. The van der Waals surface area contributed by atoms with Gasteiger partial charge in [0.05, 0.1) is 6.20 Å². The Kier molecular flexibility index (Phi) is 2.25. The summed E-state index contributed by atoms with van der Waals surface area (Å²) < 4.78 is 13.4. The Morgan fingerprint density at radius 1 is 1.64 bits per heavy atom. The lowest BCUT2D eigenvalue weighted by molar-refractivity contribution is 0.0186. The van der Waals surface area contributed by atoms with E-state index in [9.17, 15) is 9.50 Å². The molecule has 3 N–H and O–H groups in total. The summed E-state index contributed by atoms with van der Waals surface area (Å²) >= 11 is 0. The van der Waals surface area contributed by atoms with Crippen LogP contribution in [0.1, 0.15) is 18.4 Å². The topological polar surface area (TPSA) is 59.1 Å². The zero-order valence-corrected chi connectivity index (χ0v) is 7.78. The molecule has 0 aliphatic heterocycles. The van der Waals surface area contributed by atoms with E-state index < -0.39 is 11.4 Å². The molecule has 76 valence electrons. The van der Waals surface area contributed by atoms with E-state index in [1.807, 2.05) is 0 Å². The molecule has 1 unspecified atom stereocenters. The Bertz CT molecular complexity index is 341. The third kappa shape index (κ3) is 1.40. The van der Waals surface area contributed by atoms with Crippen LogP contribution in [-0.4, -0.2) is 16.6 Å². The molecule has 0 amide bonds. The molecule has 0 spiro atoms. The third-order valence-corrected chi connectivity index (χ3v) is 2.80. The molecule has 0 aromatic carbocycles. The normalized spacial score (nSPS) is 20.5. The van der Waals surface area contributed by atoms with E-state index in [0.29, 0.717) is 0 Å². The van der Waals surface area contributed by atoms with Gasteiger partial charge in [-0.05, 0) is 24.8 Å². The van der Waals surface area contributed by atoms with Crippen LogP contribution in [0.2, 0.25) is 0 Å². The summed E-state index contributed by atoms with van der Waals surface area (Å²) in [6.45, 7) is 0.0542. The first-order chi connectivity index (χ1) is 6.68. The molecule has 0 radical (unpaired) electrons. The van der Waals surface area contributed by atoms with Gasteiger partial charge in [0.25, 0.3) is 0 Å². The third-order valence-electron chi connectivity index (χ3n) is 2.80. The summed E-state index contributed by atoms with van der Waals surface area (Å²) in [5.74, 6) is -0.378. The number of aromatic nitrogens is 1. The van der Waals surface area contributed by atoms with Crippen molar-refractivity contribution in [3.05, 3.63) is 29.8 Å². The Labute approximate surface area is 81.8 Å². The van der Waals surface area contributed by atoms with Crippen LogP contribution in [0.25, 0.3) is 0 Å². The lowest BCUT2D eigenvalue weighted by Crippen LogP contribution is -2.38. The van der Waals surface area contributed by atoms with Crippen LogP contribution in [0, 0.1) is 11.7 Å². The van der Waals surface area contributed by atoms with Crippen molar-refractivity contribution in [2.45, 2.75) is 18.4 Å². The van der Waals surface area contributed by atoms with Crippen molar-refractivity contribution >= 4 is 0 Å². The van der Waals surface area contributed by atoms with Gasteiger partial charge in [0.2, 0.25) is 0 Å². The smallest absolute Gasteiger partial charge is 0.147 e. The van der Waals surface area contributed by atoms with Crippen LogP contribution in [0.15, 0.2) is 18.5 Å². The standard InChI is InChI=1S/C10H13FN2O/c11-9-5-13-4-3-8(9)10(14,6-12)7-1-2-7/h3-5,7,14H,1-2,6,12H2. The maximum atomic E-state index is 13.4. The van der Waals surface area contributed by atoms with Gasteiger partial charge >= 0.3 is 0 Å². The minimum atomic E-state index is -1.20. The molecule has 1 heterocycles. The molecular formula is C10H13FN2O. The van der Waals surface area contributed by atoms with Crippen molar-refractivity contribution in [1.29, 1.82) is 0 Å². The summed E-state index contributed by atoms with van der Waals surface area (Å²) in [6, 6.07) is 1.50. The van der Waals surface area contributed by atoms with Gasteiger partial charge in [-0.1, -0.05) is 0 Å². The quantitative estimate of drug-likeness (QED) is 0.751. The molecule has 1 aliphatic rings. The molecule has 1 aromatic heterocycles. The second-order valence-electron chi connectivity index (χ2n) is 3.76. The van der Waals surface area contributed by atoms with Gasteiger partial charge in [-0.3, -0.25) is 4.98 Å². The number of pyridine rings is 1. The first kappa shape index (κ1) is 9.55. The zero-order chi connectivity index (χ0) is 10.2. The molecular weight excluding hydrogens is 183 g/mol. The monoisotopic (exact) mass is 196 g/mol. The zero-order valence-electron chi connectivity index (χ0n) is 7.78. The number of rotatable bonds is 3. The Balaban J connectivity index is 2.40. The highest BCUT2D eigenvalue weighted by Crippen LogP contribution is 2.45. The van der Waals surface area contributed by atoms with Crippen molar-refractivity contribution in [3.8, 4) is 0 Å². The van der Waals surface area contributed by atoms with E-state index in [0.717, 1.165) is 19.0 Å². The molecule has 1 fully saturated rings. The molecule has 1 atom stereocenters. The predicted octanol–water partition coefficient (Wildman–Crippen LogP) is 0.777. The molecule has 0 bridgehead atoms. The molecule has 3 nitrogen and oxygen atoms in total. The molecule has 1 aliphatic carbocycles. The summed E-state index contributed by atoms with van der Waals surface area (Å²) in [6.07, 6.45) is 4.41. The Morgan fingerprint density at radius 2 is 2.36 bits per heavy atom. The molecule has 1 saturated carbocycles. The first-order valence-electron chi connectivity index (χ1n) is 4.71. The van der Waals surface area contributed by atoms with Crippen LogP contribution in [-0.2, 0) is 5.60 Å². The largest absolute Gasteiger partial charge is 0.383 e. The second kappa shape index (κ2) is 3.29. The fourth-order valence-electron chi connectivity index (χ4n) is 1.78. The van der Waals surface area contributed by atoms with E-state index in [-0.39, 0.29) is 18.0 Å². The highest BCUT2D eigenvalue weighted by atomic mass is 19.1. The number of nitrogens with zero attached hydrogens (tertiary/aromatic N) is 1. The van der Waals surface area contributed by atoms with Crippen LogP contribution >= 0.6 is 0 Å². The minimum absolute atomic E-state index is 0.0542. The van der Waals surface area contributed by atoms with Crippen molar-refractivity contribution in [2.24, 2.45) is 11.7 Å². The number of hydrogen-bond donors (Lipinski definition) is 2. The maximum Gasteiger partial charge on any atom is 0.147 e. The fraction of sp³-hybridized carbons (Fsp3) is 0.500. The van der Waals surface area contributed by atoms with E-state index in [4.69, 9.17) is 5.73 Å². The number of nitrogens with two attached hydrogens (primary N) is 1. The molecule has 4 heteroatoms. The van der Waals surface area contributed by atoms with Crippen molar-refractivity contribution in [1.82, 2.24) is 4.98 Å². The van der Waals surface area contributed by atoms with Gasteiger partial charge in [-0.25, -0.2) is 4.39 Å². The average Bonchev–Trinajstić information content (AvgIpc) is 3.01. The number of aliphatic hydroxyl groups is 1. The fourth-order valence-corrected chi connectivity index (χ4v) is 1.78. The van der Waals surface area contributed by atoms with Gasteiger partial charge < -0.3 is 10.8 Å². The van der Waals surface area contributed by atoms with Crippen molar-refractivity contribution in [3.63, 3.8) is 0 Å². The highest BCUT2D eigenvalue weighted by molar-refractivity contribution is 5.24. The highest BCUT2D eigenvalue weighted by Gasteiger charge is 2.45. The predicted molar refractivity (Wildman–Crippen MR) is 49.9 cm³/mol. The van der Waals surface area contributed by atoms with Gasteiger partial charge in [-0.15, -0.1) is 0 Å². The van der Waals surface area contributed by atoms with Crippen molar-refractivity contribution < 1.29 is 9.50 Å². The van der Waals surface area contributed by atoms with Crippen LogP contribution in [0.4, 0.5) is 4.39 Å².